The van der Waals surface area contributed by atoms with Gasteiger partial charge in [0.2, 0.25) is 6.41 Å². The number of amides is 3. The van der Waals surface area contributed by atoms with Gasteiger partial charge in [0.1, 0.15) is 71.1 Å². The predicted octanol–water partition coefficient (Wildman–Crippen LogP) is 10.3. The summed E-state index contributed by atoms with van der Waals surface area (Å²) in [5.41, 5.74) is 12.1. The van der Waals surface area contributed by atoms with Crippen LogP contribution in [-0.2, 0) is 65.6 Å². The number of carbonyl (C=O) groups excluding carboxylic acids is 7. The average molecular weight is 1070 g/mol. The molecule has 19 heteroatoms. The maximum absolute atomic E-state index is 13.0. The third-order valence-corrected chi connectivity index (χ3v) is 9.82. The molecule has 5 aromatic carbocycles. The molecule has 0 aliphatic rings. The highest BCUT2D eigenvalue weighted by molar-refractivity contribution is 5.85. The maximum atomic E-state index is 13.0. The van der Waals surface area contributed by atoms with Gasteiger partial charge in [-0.05, 0) is 114 Å². The number of esters is 2. The molecule has 0 aliphatic heterocycles. The lowest BCUT2D eigenvalue weighted by Crippen LogP contribution is -2.17. The Bertz CT molecular complexity index is 2700. The van der Waals surface area contributed by atoms with E-state index in [-0.39, 0.29) is 52.7 Å². The largest absolute Gasteiger partial charge is 0.494 e. The van der Waals surface area contributed by atoms with Gasteiger partial charge in [-0.15, -0.1) is 0 Å². The van der Waals surface area contributed by atoms with Crippen molar-refractivity contribution in [3.63, 3.8) is 0 Å². The third-order valence-electron chi connectivity index (χ3n) is 9.82. The van der Waals surface area contributed by atoms with Gasteiger partial charge in [-0.1, -0.05) is 81.1 Å². The molecule has 5 N–H and O–H groups in total. The van der Waals surface area contributed by atoms with Gasteiger partial charge in [0, 0.05) is 54.7 Å². The van der Waals surface area contributed by atoms with E-state index in [0.29, 0.717) is 58.4 Å². The zero-order valence-electron chi connectivity index (χ0n) is 44.7. The number of rotatable bonds is 26. The summed E-state index contributed by atoms with van der Waals surface area (Å²) in [4.78, 5) is 75.9. The summed E-state index contributed by atoms with van der Waals surface area (Å²) in [5.74, 6) is 0.872. The number of hydrogen-bond donors (Lipinski definition) is 4. The minimum absolute atomic E-state index is 0.0430. The zero-order valence-corrected chi connectivity index (χ0v) is 44.7. The highest BCUT2D eigenvalue weighted by Gasteiger charge is 2.11. The van der Waals surface area contributed by atoms with Crippen LogP contribution in [0.2, 0.25) is 0 Å². The first kappa shape index (κ1) is 64.5. The monoisotopic (exact) mass is 1070 g/mol. The third kappa shape index (κ3) is 27.6. The Balaban J connectivity index is 0.00000284. The van der Waals surface area contributed by atoms with E-state index >= 15 is 0 Å². The Labute approximate surface area is 455 Å². The van der Waals surface area contributed by atoms with Crippen molar-refractivity contribution in [3.8, 4) is 11.5 Å². The molecule has 19 nitrogen and oxygen atoms in total. The van der Waals surface area contributed by atoms with E-state index in [0.717, 1.165) is 33.5 Å². The molecule has 0 bridgehead atoms. The van der Waals surface area contributed by atoms with E-state index in [1.54, 1.807) is 73.7 Å². The van der Waals surface area contributed by atoms with Crippen molar-refractivity contribution in [3.05, 3.63) is 178 Å². The van der Waals surface area contributed by atoms with Crippen LogP contribution >= 0.6 is 0 Å². The van der Waals surface area contributed by atoms with Crippen molar-refractivity contribution in [2.45, 2.75) is 47.8 Å². The van der Waals surface area contributed by atoms with E-state index < -0.39 is 24.1 Å². The van der Waals surface area contributed by atoms with Crippen LogP contribution in [0.5, 0.6) is 11.5 Å². The van der Waals surface area contributed by atoms with E-state index in [2.05, 4.69) is 28.3 Å². The number of primary amides is 1. The molecule has 414 valence electrons. The number of hydrogen-bond acceptors (Lipinski definition) is 16. The molecule has 0 spiro atoms. The van der Waals surface area contributed by atoms with Gasteiger partial charge < -0.3 is 53.7 Å². The fraction of sp³-hybridized carbons (Fsp3) is 0.237. The lowest BCUT2D eigenvalue weighted by molar-refractivity contribution is -0.141. The van der Waals surface area contributed by atoms with Crippen molar-refractivity contribution in [2.75, 3.05) is 62.6 Å². The highest BCUT2D eigenvalue weighted by atomic mass is 16.6. The van der Waals surface area contributed by atoms with Crippen molar-refractivity contribution < 1.29 is 71.5 Å². The van der Waals surface area contributed by atoms with Crippen molar-refractivity contribution >= 4 is 79.1 Å². The van der Waals surface area contributed by atoms with Crippen LogP contribution in [0.1, 0.15) is 62.4 Å². The van der Waals surface area contributed by atoms with Crippen molar-refractivity contribution in [1.82, 2.24) is 0 Å². The molecule has 0 unspecified atom stereocenters. The van der Waals surface area contributed by atoms with Crippen LogP contribution in [0.4, 0.5) is 26.7 Å². The molecule has 0 aromatic heterocycles. The summed E-state index contributed by atoms with van der Waals surface area (Å²) in [6.45, 7) is 14.9. The van der Waals surface area contributed by atoms with Crippen molar-refractivity contribution in [2.24, 2.45) is 5.73 Å². The summed E-state index contributed by atoms with van der Waals surface area (Å²) in [6.07, 6.45) is 4.27. The molecule has 78 heavy (non-hydrogen) atoms. The van der Waals surface area contributed by atoms with E-state index in [4.69, 9.17) is 47.5 Å². The Morgan fingerprint density at radius 1 is 0.487 bits per heavy atom. The number of anilines is 3. The van der Waals surface area contributed by atoms with E-state index in [1.165, 1.54) is 13.8 Å². The Morgan fingerprint density at radius 3 is 1.32 bits per heavy atom. The quantitative estimate of drug-likeness (QED) is 0.0174. The van der Waals surface area contributed by atoms with Crippen LogP contribution in [-0.4, -0.2) is 90.5 Å². The zero-order chi connectivity index (χ0) is 57.5. The fourth-order valence-corrected chi connectivity index (χ4v) is 6.22. The summed E-state index contributed by atoms with van der Waals surface area (Å²) >= 11 is 0. The second-order valence-electron chi connectivity index (χ2n) is 15.9. The first-order valence-electron chi connectivity index (χ1n) is 24.2. The van der Waals surface area contributed by atoms with Gasteiger partial charge in [-0.2, -0.15) is 0 Å². The van der Waals surface area contributed by atoms with Gasteiger partial charge in [-0.25, -0.2) is 9.59 Å². The highest BCUT2D eigenvalue weighted by Crippen LogP contribution is 2.21. The molecule has 0 saturated heterocycles. The molecule has 0 saturated carbocycles. The predicted molar refractivity (Wildman–Crippen MR) is 299 cm³/mol. The summed E-state index contributed by atoms with van der Waals surface area (Å²) in [7, 11) is 1.87. The smallest absolute Gasteiger partial charge is 0.411 e. The fourth-order valence-electron chi connectivity index (χ4n) is 6.22. The number of nitrogens with two attached hydrogens (primary N) is 1. The number of ether oxygens (including phenoxy) is 8. The van der Waals surface area contributed by atoms with E-state index in [9.17, 15) is 24.0 Å². The van der Waals surface area contributed by atoms with Crippen LogP contribution in [0.15, 0.2) is 150 Å². The lowest BCUT2D eigenvalue weighted by atomic mass is 10.1. The molecule has 5 rings (SSSR count). The van der Waals surface area contributed by atoms with Crippen LogP contribution in [0.25, 0.3) is 18.2 Å². The van der Waals surface area contributed by atoms with Crippen LogP contribution in [0, 0.1) is 0 Å². The first-order chi connectivity index (χ1) is 37.7. The minimum Gasteiger partial charge on any atom is -0.494 e. The van der Waals surface area contributed by atoms with Gasteiger partial charge >= 0.3 is 24.1 Å². The van der Waals surface area contributed by atoms with Crippen molar-refractivity contribution in [1.29, 1.82) is 0 Å². The lowest BCUT2D eigenvalue weighted by Gasteiger charge is -2.13. The molecule has 0 fully saturated rings. The molecule has 0 radical (unpaired) electrons. The second-order valence-corrected chi connectivity index (χ2v) is 15.9. The average Bonchev–Trinajstić information content (AvgIpc) is 3.44. The molecule has 0 atom stereocenters. The Kier molecular flexibility index (Phi) is 31.4. The normalized spacial score (nSPS) is 10.6. The molecule has 0 heterocycles. The summed E-state index contributed by atoms with van der Waals surface area (Å²) in [5, 5.41) is 8.54. The standard InChI is InChI=1S/C55H57N3O13.C2H6.CH3NO.CH2O/c1-38(2)65-32-47(34-67-40(4)61)28-43-12-22-52(23-13-43)69-35-48(36-71-55(63)58-51-18-6-41(7-19-51)26-46(29-64-37-59)33-66-39(3)60)27-42-8-20-50(21-9-42)57-54(62)70-31-45-14-24-53(25-15-45)68-30-44-10-16-49(56-5)17-11-44;1-2;2-1-3;1-2/h6-28,37,56H,1,29-36H2,2-5H3,(H,57,62)(H,58,63);1-2H3;1H,(H2,2,3);1H2/b46-26-,47-28+,48-27+;;;. The number of nitrogens with one attached hydrogen (secondary N) is 3. The molecular formula is C59H68N4O15. The van der Waals surface area contributed by atoms with Gasteiger partial charge in [0.15, 0.2) is 0 Å². The van der Waals surface area contributed by atoms with Gasteiger partial charge in [0.05, 0.1) is 5.76 Å². The molecule has 5 aromatic rings. The molecule has 3 amide bonds. The first-order valence-corrected chi connectivity index (χ1v) is 24.2. The van der Waals surface area contributed by atoms with Crippen LogP contribution in [0.3, 0.4) is 0 Å². The SMILES string of the molecule is C=C(C)OC/C(=C\c1ccc(OC/C(=C\c2ccc(NC(=O)OCc3ccc(OCc4ccc(NC)cc4)cc3)cc2)COC(=O)Nc2ccc(/C=C(/COC=O)COC(C)=O)cc2)cc1)COC(C)=O.C=O.CC.NC=O. The maximum Gasteiger partial charge on any atom is 0.411 e. The topological polar surface area (TPSA) is 255 Å². The summed E-state index contributed by atoms with van der Waals surface area (Å²) < 4.78 is 43.7. The molecule has 0 aliphatic carbocycles. The molecular weight excluding hydrogens is 1000 g/mol. The number of allylic oxidation sites excluding steroid dienone is 1. The minimum atomic E-state index is -0.723. The number of benzene rings is 5. The Hall–Kier alpha value is -9.65. The van der Waals surface area contributed by atoms with Gasteiger partial charge in [0.25, 0.3) is 6.47 Å². The van der Waals surface area contributed by atoms with Crippen LogP contribution < -0.4 is 31.2 Å². The van der Waals surface area contributed by atoms with E-state index in [1.807, 2.05) is 100 Å². The second kappa shape index (κ2) is 38.0. The Morgan fingerprint density at radius 2 is 0.859 bits per heavy atom. The number of carbonyl (C=O) groups is 7. The van der Waals surface area contributed by atoms with Gasteiger partial charge in [-0.3, -0.25) is 29.8 Å². The summed E-state index contributed by atoms with van der Waals surface area (Å²) in [6, 6.07) is 36.3.